The third kappa shape index (κ3) is 7.68. The Kier molecular flexibility index (Phi) is 8.78. The molecular formula is C20H39N. The molecule has 2 fully saturated rings. The minimum Gasteiger partial charge on any atom is -0.314 e. The van der Waals surface area contributed by atoms with E-state index >= 15 is 0 Å². The molecule has 0 heterocycles. The quantitative estimate of drug-likeness (QED) is 0.360. The second-order valence-electron chi connectivity index (χ2n) is 7.75. The van der Waals surface area contributed by atoms with Gasteiger partial charge in [0, 0.05) is 6.04 Å². The summed E-state index contributed by atoms with van der Waals surface area (Å²) in [6, 6.07) is 0.896. The molecule has 0 saturated heterocycles. The van der Waals surface area contributed by atoms with Crippen LogP contribution in [0.5, 0.6) is 0 Å². The third-order valence-corrected chi connectivity index (χ3v) is 5.74. The van der Waals surface area contributed by atoms with Gasteiger partial charge < -0.3 is 5.32 Å². The molecule has 2 aliphatic rings. The summed E-state index contributed by atoms with van der Waals surface area (Å²) in [5.74, 6) is 2.03. The SMILES string of the molecule is CCCCCCCCCC1CCCCCC1CNC1CC1. The summed E-state index contributed by atoms with van der Waals surface area (Å²) in [6.45, 7) is 3.63. The summed E-state index contributed by atoms with van der Waals surface area (Å²) in [4.78, 5) is 0. The monoisotopic (exact) mass is 293 g/mol. The molecule has 2 unspecified atom stereocenters. The van der Waals surface area contributed by atoms with Gasteiger partial charge in [-0.1, -0.05) is 84.0 Å². The largest absolute Gasteiger partial charge is 0.314 e. The van der Waals surface area contributed by atoms with E-state index in [1.165, 1.54) is 103 Å². The lowest BCUT2D eigenvalue weighted by Gasteiger charge is -2.25. The predicted molar refractivity (Wildman–Crippen MR) is 93.7 cm³/mol. The van der Waals surface area contributed by atoms with E-state index in [9.17, 15) is 0 Å². The van der Waals surface area contributed by atoms with Crippen molar-refractivity contribution in [3.8, 4) is 0 Å². The average molecular weight is 294 g/mol. The van der Waals surface area contributed by atoms with Gasteiger partial charge in [0.2, 0.25) is 0 Å². The molecule has 1 heteroatoms. The Hall–Kier alpha value is -0.0400. The zero-order valence-corrected chi connectivity index (χ0v) is 14.5. The summed E-state index contributed by atoms with van der Waals surface area (Å²) >= 11 is 0. The molecule has 0 spiro atoms. The predicted octanol–water partition coefficient (Wildman–Crippen LogP) is 6.08. The van der Waals surface area contributed by atoms with Crippen molar-refractivity contribution in [3.63, 3.8) is 0 Å². The van der Waals surface area contributed by atoms with E-state index < -0.39 is 0 Å². The summed E-state index contributed by atoms with van der Waals surface area (Å²) in [5, 5.41) is 3.81. The Morgan fingerprint density at radius 3 is 2.10 bits per heavy atom. The van der Waals surface area contributed by atoms with Crippen molar-refractivity contribution in [1.29, 1.82) is 0 Å². The molecule has 2 aliphatic carbocycles. The van der Waals surface area contributed by atoms with Crippen molar-refractivity contribution in [2.24, 2.45) is 11.8 Å². The molecule has 0 aliphatic heterocycles. The van der Waals surface area contributed by atoms with Gasteiger partial charge >= 0.3 is 0 Å². The second kappa shape index (κ2) is 10.6. The van der Waals surface area contributed by atoms with Gasteiger partial charge in [-0.25, -0.2) is 0 Å². The van der Waals surface area contributed by atoms with E-state index in [-0.39, 0.29) is 0 Å². The van der Waals surface area contributed by atoms with Crippen LogP contribution in [0.3, 0.4) is 0 Å². The molecule has 124 valence electrons. The highest BCUT2D eigenvalue weighted by molar-refractivity contribution is 4.84. The Balaban J connectivity index is 1.57. The van der Waals surface area contributed by atoms with Crippen LogP contribution in [0.25, 0.3) is 0 Å². The Labute approximate surface area is 133 Å². The lowest BCUT2D eigenvalue weighted by molar-refractivity contribution is 0.275. The van der Waals surface area contributed by atoms with Crippen molar-refractivity contribution < 1.29 is 0 Å². The van der Waals surface area contributed by atoms with Crippen molar-refractivity contribution in [1.82, 2.24) is 5.32 Å². The van der Waals surface area contributed by atoms with E-state index in [4.69, 9.17) is 0 Å². The maximum atomic E-state index is 3.81. The normalized spacial score (nSPS) is 26.7. The molecule has 21 heavy (non-hydrogen) atoms. The van der Waals surface area contributed by atoms with Crippen LogP contribution < -0.4 is 5.32 Å². The lowest BCUT2D eigenvalue weighted by atomic mass is 9.83. The fourth-order valence-electron chi connectivity index (χ4n) is 4.08. The van der Waals surface area contributed by atoms with Crippen LogP contribution in [0.1, 0.15) is 103 Å². The van der Waals surface area contributed by atoms with E-state index in [1.54, 1.807) is 0 Å². The van der Waals surface area contributed by atoms with E-state index in [1.807, 2.05) is 0 Å². The summed E-state index contributed by atoms with van der Waals surface area (Å²) in [6.07, 6.45) is 22.1. The van der Waals surface area contributed by atoms with Crippen LogP contribution >= 0.6 is 0 Å². The van der Waals surface area contributed by atoms with Crippen LogP contribution in [0.15, 0.2) is 0 Å². The Morgan fingerprint density at radius 1 is 0.714 bits per heavy atom. The first kappa shape index (κ1) is 17.3. The van der Waals surface area contributed by atoms with Gasteiger partial charge in [0.05, 0.1) is 0 Å². The molecule has 1 nitrogen and oxygen atoms in total. The molecule has 1 N–H and O–H groups in total. The van der Waals surface area contributed by atoms with Crippen molar-refractivity contribution in [3.05, 3.63) is 0 Å². The van der Waals surface area contributed by atoms with Crippen LogP contribution in [-0.4, -0.2) is 12.6 Å². The Morgan fingerprint density at radius 2 is 1.38 bits per heavy atom. The molecule has 2 rings (SSSR count). The van der Waals surface area contributed by atoms with Gasteiger partial charge in [0.25, 0.3) is 0 Å². The van der Waals surface area contributed by atoms with Gasteiger partial charge in [-0.3, -0.25) is 0 Å². The van der Waals surface area contributed by atoms with E-state index in [0.29, 0.717) is 0 Å². The summed E-state index contributed by atoms with van der Waals surface area (Å²) in [5.41, 5.74) is 0. The average Bonchev–Trinajstić information content (AvgIpc) is 3.32. The highest BCUT2D eigenvalue weighted by Gasteiger charge is 2.26. The molecule has 0 radical (unpaired) electrons. The number of rotatable bonds is 11. The smallest absolute Gasteiger partial charge is 0.00683 e. The van der Waals surface area contributed by atoms with Crippen molar-refractivity contribution >= 4 is 0 Å². The molecule has 0 amide bonds. The van der Waals surface area contributed by atoms with Gasteiger partial charge in [-0.2, -0.15) is 0 Å². The first-order valence-corrected chi connectivity index (χ1v) is 10.1. The molecule has 0 bridgehead atoms. The fourth-order valence-corrected chi connectivity index (χ4v) is 4.08. The topological polar surface area (TPSA) is 12.0 Å². The lowest BCUT2D eigenvalue weighted by Crippen LogP contribution is -2.29. The first-order valence-electron chi connectivity index (χ1n) is 10.1. The maximum absolute atomic E-state index is 3.81. The van der Waals surface area contributed by atoms with Crippen LogP contribution in [0, 0.1) is 11.8 Å². The van der Waals surface area contributed by atoms with Crippen molar-refractivity contribution in [2.75, 3.05) is 6.54 Å². The molecule has 0 aromatic carbocycles. The Bertz CT molecular complexity index is 246. The highest BCUT2D eigenvalue weighted by atomic mass is 14.9. The molecule has 0 aromatic heterocycles. The van der Waals surface area contributed by atoms with Gasteiger partial charge in [0.1, 0.15) is 0 Å². The molecule has 0 aromatic rings. The number of unbranched alkanes of at least 4 members (excludes halogenated alkanes) is 6. The van der Waals surface area contributed by atoms with Gasteiger partial charge in [-0.15, -0.1) is 0 Å². The third-order valence-electron chi connectivity index (χ3n) is 5.74. The maximum Gasteiger partial charge on any atom is 0.00683 e. The zero-order valence-electron chi connectivity index (χ0n) is 14.5. The summed E-state index contributed by atoms with van der Waals surface area (Å²) in [7, 11) is 0. The van der Waals surface area contributed by atoms with E-state index in [0.717, 1.165) is 17.9 Å². The summed E-state index contributed by atoms with van der Waals surface area (Å²) < 4.78 is 0. The van der Waals surface area contributed by atoms with Gasteiger partial charge in [0.15, 0.2) is 0 Å². The molecule has 2 saturated carbocycles. The van der Waals surface area contributed by atoms with Crippen molar-refractivity contribution in [2.45, 2.75) is 109 Å². The fraction of sp³-hybridized carbons (Fsp3) is 1.00. The first-order chi connectivity index (χ1) is 10.4. The second-order valence-corrected chi connectivity index (χ2v) is 7.75. The minimum atomic E-state index is 0.896. The number of hydrogen-bond donors (Lipinski definition) is 1. The van der Waals surface area contributed by atoms with Crippen LogP contribution in [0.4, 0.5) is 0 Å². The minimum absolute atomic E-state index is 0.896. The van der Waals surface area contributed by atoms with Crippen LogP contribution in [-0.2, 0) is 0 Å². The standard InChI is InChI=1S/C20H39N/c1-2-3-4-5-6-7-9-12-18-13-10-8-11-14-19(18)17-21-20-15-16-20/h18-21H,2-17H2,1H3. The zero-order chi connectivity index (χ0) is 14.8. The van der Waals surface area contributed by atoms with Gasteiger partial charge in [-0.05, 0) is 37.6 Å². The number of hydrogen-bond acceptors (Lipinski definition) is 1. The van der Waals surface area contributed by atoms with E-state index in [2.05, 4.69) is 12.2 Å². The van der Waals surface area contributed by atoms with Crippen LogP contribution in [0.2, 0.25) is 0 Å². The number of nitrogens with one attached hydrogen (secondary N) is 1. The molecular weight excluding hydrogens is 254 g/mol. The highest BCUT2D eigenvalue weighted by Crippen LogP contribution is 2.33. The molecule has 2 atom stereocenters.